The Bertz CT molecular complexity index is 117. The lowest BCUT2D eigenvalue weighted by atomic mass is 10.4. The smallest absolute Gasteiger partial charge is 0.200 e. The molecule has 1 aliphatic rings. The van der Waals surface area contributed by atoms with Crippen LogP contribution in [-0.2, 0) is 0 Å². The summed E-state index contributed by atoms with van der Waals surface area (Å²) in [6.45, 7) is 3.72. The Morgan fingerprint density at radius 3 is 2.60 bits per heavy atom. The highest BCUT2D eigenvalue weighted by Crippen LogP contribution is 1.84. The second-order valence-corrected chi connectivity index (χ2v) is 2.26. The molecule has 0 aromatic heterocycles. The van der Waals surface area contributed by atoms with Crippen LogP contribution in [0, 0.1) is 5.41 Å². The standard InChI is InChI=1S/C5H13N5/c6-5(7)9-10-3-1-8-2-4-10/h8H,1-4H2,(H4,6,7,9). The van der Waals surface area contributed by atoms with Gasteiger partial charge in [-0.3, -0.25) is 10.8 Å². The summed E-state index contributed by atoms with van der Waals surface area (Å²) in [5.41, 5.74) is 7.87. The van der Waals surface area contributed by atoms with Crippen molar-refractivity contribution in [1.29, 1.82) is 5.41 Å². The van der Waals surface area contributed by atoms with Crippen LogP contribution in [0.5, 0.6) is 0 Å². The van der Waals surface area contributed by atoms with Crippen LogP contribution in [-0.4, -0.2) is 37.1 Å². The number of nitrogens with one attached hydrogen (secondary N) is 3. The summed E-state index contributed by atoms with van der Waals surface area (Å²) in [5.74, 6) is 0.0156. The maximum atomic E-state index is 6.94. The Labute approximate surface area is 60.0 Å². The van der Waals surface area contributed by atoms with Crippen molar-refractivity contribution in [3.63, 3.8) is 0 Å². The fraction of sp³-hybridized carbons (Fsp3) is 0.800. The molecule has 0 unspecified atom stereocenters. The van der Waals surface area contributed by atoms with Gasteiger partial charge < -0.3 is 11.1 Å². The zero-order valence-corrected chi connectivity index (χ0v) is 5.85. The van der Waals surface area contributed by atoms with E-state index in [4.69, 9.17) is 11.1 Å². The summed E-state index contributed by atoms with van der Waals surface area (Å²) in [6, 6.07) is 0. The lowest BCUT2D eigenvalue weighted by molar-refractivity contribution is 0.205. The number of hydrogen-bond acceptors (Lipinski definition) is 3. The van der Waals surface area contributed by atoms with Crippen LogP contribution in [0.1, 0.15) is 0 Å². The molecule has 0 radical (unpaired) electrons. The van der Waals surface area contributed by atoms with Gasteiger partial charge in [-0.05, 0) is 0 Å². The van der Waals surface area contributed by atoms with E-state index in [2.05, 4.69) is 10.7 Å². The molecule has 0 amide bonds. The van der Waals surface area contributed by atoms with Gasteiger partial charge in [0.25, 0.3) is 0 Å². The highest BCUT2D eigenvalue weighted by molar-refractivity contribution is 5.73. The second-order valence-electron chi connectivity index (χ2n) is 2.26. The summed E-state index contributed by atoms with van der Waals surface area (Å²) in [5, 5.41) is 12.1. The van der Waals surface area contributed by atoms with Crippen molar-refractivity contribution in [2.45, 2.75) is 0 Å². The van der Waals surface area contributed by atoms with Crippen LogP contribution < -0.4 is 16.5 Å². The number of piperazine rings is 1. The molecule has 1 saturated heterocycles. The van der Waals surface area contributed by atoms with Crippen molar-refractivity contribution in [3.8, 4) is 0 Å². The lowest BCUT2D eigenvalue weighted by Crippen LogP contribution is -2.53. The molecule has 1 aliphatic heterocycles. The largest absolute Gasteiger partial charge is 0.369 e. The van der Waals surface area contributed by atoms with Gasteiger partial charge in [-0.15, -0.1) is 0 Å². The fourth-order valence-corrected chi connectivity index (χ4v) is 0.947. The van der Waals surface area contributed by atoms with Gasteiger partial charge in [-0.2, -0.15) is 0 Å². The van der Waals surface area contributed by atoms with E-state index in [1.54, 1.807) is 0 Å². The molecule has 5 N–H and O–H groups in total. The Balaban J connectivity index is 2.19. The molecule has 0 aliphatic carbocycles. The monoisotopic (exact) mass is 143 g/mol. The maximum absolute atomic E-state index is 6.94. The maximum Gasteiger partial charge on any atom is 0.200 e. The molecule has 0 saturated carbocycles. The van der Waals surface area contributed by atoms with Crippen molar-refractivity contribution in [2.24, 2.45) is 5.73 Å². The number of guanidine groups is 1. The van der Waals surface area contributed by atoms with Gasteiger partial charge in [0.2, 0.25) is 5.96 Å². The number of hydrogen-bond donors (Lipinski definition) is 4. The van der Waals surface area contributed by atoms with Gasteiger partial charge in [0.1, 0.15) is 0 Å². The third-order valence-electron chi connectivity index (χ3n) is 1.40. The predicted octanol–water partition coefficient (Wildman–Crippen LogP) is -1.71. The van der Waals surface area contributed by atoms with Crippen molar-refractivity contribution >= 4 is 5.96 Å². The van der Waals surface area contributed by atoms with Crippen LogP contribution in [0.4, 0.5) is 0 Å². The van der Waals surface area contributed by atoms with E-state index >= 15 is 0 Å². The molecule has 1 heterocycles. The highest BCUT2D eigenvalue weighted by atomic mass is 15.5. The minimum absolute atomic E-state index is 0.0156. The number of rotatable bonds is 1. The van der Waals surface area contributed by atoms with Gasteiger partial charge in [0.05, 0.1) is 0 Å². The lowest BCUT2D eigenvalue weighted by Gasteiger charge is -2.27. The molecule has 5 heteroatoms. The molecule has 10 heavy (non-hydrogen) atoms. The van der Waals surface area contributed by atoms with E-state index in [9.17, 15) is 0 Å². The van der Waals surface area contributed by atoms with Gasteiger partial charge in [0.15, 0.2) is 0 Å². The molecule has 0 aromatic rings. The van der Waals surface area contributed by atoms with Gasteiger partial charge in [0, 0.05) is 26.2 Å². The minimum Gasteiger partial charge on any atom is -0.369 e. The average Bonchev–Trinajstić information content (AvgIpc) is 1.88. The van der Waals surface area contributed by atoms with Crippen molar-refractivity contribution in [1.82, 2.24) is 15.8 Å². The molecular weight excluding hydrogens is 130 g/mol. The first-order valence-corrected chi connectivity index (χ1v) is 3.35. The first-order valence-electron chi connectivity index (χ1n) is 3.35. The normalized spacial score (nSPS) is 20.4. The number of nitrogens with two attached hydrogens (primary N) is 1. The van der Waals surface area contributed by atoms with Crippen LogP contribution in [0.25, 0.3) is 0 Å². The SMILES string of the molecule is N=C(N)NN1CCNCC1. The van der Waals surface area contributed by atoms with Gasteiger partial charge in [-0.25, -0.2) is 5.01 Å². The molecule has 58 valence electrons. The van der Waals surface area contributed by atoms with Gasteiger partial charge >= 0.3 is 0 Å². The Kier molecular flexibility index (Phi) is 2.47. The zero-order valence-electron chi connectivity index (χ0n) is 5.85. The summed E-state index contributed by atoms with van der Waals surface area (Å²) in [4.78, 5) is 0. The van der Waals surface area contributed by atoms with E-state index in [1.807, 2.05) is 5.01 Å². The van der Waals surface area contributed by atoms with Crippen molar-refractivity contribution < 1.29 is 0 Å². The average molecular weight is 143 g/mol. The Hall–Kier alpha value is -0.810. The first-order chi connectivity index (χ1) is 4.79. The molecule has 5 nitrogen and oxygen atoms in total. The summed E-state index contributed by atoms with van der Waals surface area (Å²) in [7, 11) is 0. The molecule has 1 fully saturated rings. The Morgan fingerprint density at radius 2 is 2.10 bits per heavy atom. The molecule has 1 rings (SSSR count). The van der Waals surface area contributed by atoms with Crippen LogP contribution in [0.2, 0.25) is 0 Å². The molecule has 0 atom stereocenters. The predicted molar refractivity (Wildman–Crippen MR) is 39.5 cm³/mol. The quantitative estimate of drug-likeness (QED) is 0.260. The van der Waals surface area contributed by atoms with Gasteiger partial charge in [-0.1, -0.05) is 0 Å². The third kappa shape index (κ3) is 2.20. The molecule has 0 bridgehead atoms. The van der Waals surface area contributed by atoms with Crippen LogP contribution >= 0.6 is 0 Å². The van der Waals surface area contributed by atoms with Crippen LogP contribution in [0.3, 0.4) is 0 Å². The number of hydrazine groups is 1. The second kappa shape index (κ2) is 3.38. The van der Waals surface area contributed by atoms with E-state index in [0.29, 0.717) is 0 Å². The molecule has 0 spiro atoms. The number of nitrogens with zero attached hydrogens (tertiary/aromatic N) is 1. The van der Waals surface area contributed by atoms with Crippen molar-refractivity contribution in [3.05, 3.63) is 0 Å². The summed E-state index contributed by atoms with van der Waals surface area (Å²) < 4.78 is 0. The summed E-state index contributed by atoms with van der Waals surface area (Å²) >= 11 is 0. The highest BCUT2D eigenvalue weighted by Gasteiger charge is 2.07. The molecular formula is C5H13N5. The first kappa shape index (κ1) is 7.30. The Morgan fingerprint density at radius 1 is 1.50 bits per heavy atom. The minimum atomic E-state index is 0.0156. The van der Waals surface area contributed by atoms with E-state index in [0.717, 1.165) is 26.2 Å². The van der Waals surface area contributed by atoms with E-state index in [-0.39, 0.29) is 5.96 Å². The zero-order chi connectivity index (χ0) is 7.40. The van der Waals surface area contributed by atoms with Crippen LogP contribution in [0.15, 0.2) is 0 Å². The molecule has 0 aromatic carbocycles. The van der Waals surface area contributed by atoms with E-state index in [1.165, 1.54) is 0 Å². The topological polar surface area (TPSA) is 77.2 Å². The summed E-state index contributed by atoms with van der Waals surface area (Å²) in [6.07, 6.45) is 0. The van der Waals surface area contributed by atoms with Crippen molar-refractivity contribution in [2.75, 3.05) is 26.2 Å². The fourth-order valence-electron chi connectivity index (χ4n) is 0.947. The third-order valence-corrected chi connectivity index (χ3v) is 1.40. The van der Waals surface area contributed by atoms with E-state index < -0.39 is 0 Å².